The van der Waals surface area contributed by atoms with Gasteiger partial charge in [-0.2, -0.15) is 0 Å². The molecule has 0 saturated heterocycles. The van der Waals surface area contributed by atoms with Crippen molar-refractivity contribution < 1.29 is 5.11 Å². The molecule has 0 aromatic heterocycles. The summed E-state index contributed by atoms with van der Waals surface area (Å²) in [4.78, 5) is 0. The molecule has 0 spiro atoms. The van der Waals surface area contributed by atoms with E-state index in [2.05, 4.69) is 12.2 Å². The minimum absolute atomic E-state index is 0.298. The van der Waals surface area contributed by atoms with Gasteiger partial charge in [0.05, 0.1) is 0 Å². The Balaban J connectivity index is 1.88. The Bertz CT molecular complexity index is 249. The van der Waals surface area contributed by atoms with Crippen LogP contribution in [0.5, 0.6) is 0 Å². The van der Waals surface area contributed by atoms with E-state index in [-0.39, 0.29) is 0 Å². The molecule has 4 aliphatic rings. The van der Waals surface area contributed by atoms with Crippen LogP contribution < -0.4 is 5.32 Å². The van der Waals surface area contributed by atoms with E-state index in [1.165, 1.54) is 38.5 Å². The molecule has 4 saturated carbocycles. The molecule has 2 atom stereocenters. The Labute approximate surface area is 92.4 Å². The van der Waals surface area contributed by atoms with Crippen LogP contribution in [0.15, 0.2) is 0 Å². The highest BCUT2D eigenvalue weighted by Gasteiger charge is 2.56. The molecule has 86 valence electrons. The largest absolute Gasteiger partial charge is 0.396 e. The number of hydrogen-bond donors (Lipinski definition) is 2. The molecule has 2 unspecified atom stereocenters. The smallest absolute Gasteiger partial charge is 0.0488 e. The van der Waals surface area contributed by atoms with Crippen molar-refractivity contribution in [2.24, 2.45) is 17.3 Å². The van der Waals surface area contributed by atoms with Crippen molar-refractivity contribution in [3.05, 3.63) is 0 Å². The second-order valence-corrected chi connectivity index (χ2v) is 6.43. The van der Waals surface area contributed by atoms with Gasteiger partial charge < -0.3 is 10.4 Å². The molecular weight excluding hydrogens is 186 g/mol. The normalized spacial score (nSPS) is 52.4. The fourth-order valence-electron chi connectivity index (χ4n) is 5.22. The van der Waals surface area contributed by atoms with Crippen molar-refractivity contribution in [2.45, 2.75) is 51.0 Å². The van der Waals surface area contributed by atoms with Gasteiger partial charge in [0.1, 0.15) is 0 Å². The minimum Gasteiger partial charge on any atom is -0.396 e. The Morgan fingerprint density at radius 1 is 1.20 bits per heavy atom. The summed E-state index contributed by atoms with van der Waals surface area (Å²) in [5, 5.41) is 13.4. The first-order valence-corrected chi connectivity index (χ1v) is 6.55. The molecule has 4 rings (SSSR count). The van der Waals surface area contributed by atoms with Crippen molar-refractivity contribution in [3.63, 3.8) is 0 Å². The van der Waals surface area contributed by atoms with E-state index in [1.807, 2.05) is 0 Å². The molecule has 0 aromatic carbocycles. The van der Waals surface area contributed by atoms with Gasteiger partial charge in [-0.25, -0.2) is 0 Å². The highest BCUT2D eigenvalue weighted by atomic mass is 16.3. The zero-order valence-electron chi connectivity index (χ0n) is 9.76. The monoisotopic (exact) mass is 209 g/mol. The predicted octanol–water partition coefficient (Wildman–Crippen LogP) is 1.93. The zero-order valence-corrected chi connectivity index (χ0v) is 9.76. The molecule has 4 bridgehead atoms. The fraction of sp³-hybridized carbons (Fsp3) is 1.00. The van der Waals surface area contributed by atoms with Crippen LogP contribution in [0.4, 0.5) is 0 Å². The Hall–Kier alpha value is -0.0800. The van der Waals surface area contributed by atoms with Crippen molar-refractivity contribution >= 4 is 0 Å². The van der Waals surface area contributed by atoms with E-state index in [9.17, 15) is 5.11 Å². The van der Waals surface area contributed by atoms with Crippen LogP contribution in [0.1, 0.15) is 45.4 Å². The van der Waals surface area contributed by atoms with E-state index in [0.717, 1.165) is 18.4 Å². The molecule has 0 radical (unpaired) electrons. The summed E-state index contributed by atoms with van der Waals surface area (Å²) in [5.74, 6) is 1.80. The van der Waals surface area contributed by atoms with Crippen molar-refractivity contribution in [3.8, 4) is 0 Å². The Morgan fingerprint density at radius 3 is 2.40 bits per heavy atom. The number of nitrogens with one attached hydrogen (secondary N) is 1. The predicted molar refractivity (Wildman–Crippen MR) is 60.6 cm³/mol. The van der Waals surface area contributed by atoms with Crippen LogP contribution in [0.3, 0.4) is 0 Å². The molecule has 0 aliphatic heterocycles. The van der Waals surface area contributed by atoms with Crippen LogP contribution in [0.2, 0.25) is 0 Å². The maximum absolute atomic E-state index is 9.69. The lowest BCUT2D eigenvalue weighted by molar-refractivity contribution is -0.103. The quantitative estimate of drug-likeness (QED) is 0.744. The maximum atomic E-state index is 9.69. The first-order chi connectivity index (χ1) is 7.19. The van der Waals surface area contributed by atoms with E-state index in [4.69, 9.17) is 0 Å². The van der Waals surface area contributed by atoms with Gasteiger partial charge in [0.15, 0.2) is 0 Å². The van der Waals surface area contributed by atoms with Crippen LogP contribution in [0, 0.1) is 17.3 Å². The Kier molecular flexibility index (Phi) is 2.16. The van der Waals surface area contributed by atoms with E-state index < -0.39 is 0 Å². The summed E-state index contributed by atoms with van der Waals surface area (Å²) in [5.41, 5.74) is 0.702. The third-order valence-electron chi connectivity index (χ3n) is 5.07. The molecule has 4 aliphatic carbocycles. The molecule has 2 nitrogen and oxygen atoms in total. The summed E-state index contributed by atoms with van der Waals surface area (Å²) in [6, 6.07) is 0. The van der Waals surface area contributed by atoms with Gasteiger partial charge in [0, 0.05) is 12.1 Å². The Morgan fingerprint density at radius 2 is 1.87 bits per heavy atom. The summed E-state index contributed by atoms with van der Waals surface area (Å²) in [6.45, 7) is 3.72. The topological polar surface area (TPSA) is 32.3 Å². The van der Waals surface area contributed by atoms with Gasteiger partial charge in [-0.05, 0) is 62.3 Å². The van der Waals surface area contributed by atoms with Gasteiger partial charge in [0.25, 0.3) is 0 Å². The second-order valence-electron chi connectivity index (χ2n) is 6.43. The zero-order chi connectivity index (χ0) is 10.5. The molecule has 2 heteroatoms. The molecule has 0 amide bonds. The molecule has 15 heavy (non-hydrogen) atoms. The van der Waals surface area contributed by atoms with Gasteiger partial charge >= 0.3 is 0 Å². The number of aliphatic hydroxyl groups is 1. The van der Waals surface area contributed by atoms with Gasteiger partial charge in [-0.1, -0.05) is 6.92 Å². The lowest BCUT2D eigenvalue weighted by atomic mass is 9.47. The van der Waals surface area contributed by atoms with Gasteiger partial charge in [0.2, 0.25) is 0 Å². The lowest BCUT2D eigenvalue weighted by Gasteiger charge is -2.62. The first-order valence-electron chi connectivity index (χ1n) is 6.55. The maximum Gasteiger partial charge on any atom is 0.0488 e. The SMILES string of the molecule is CCNC12CC3CC(CC(CO)(C3)C1)C2. The van der Waals surface area contributed by atoms with Crippen LogP contribution in [-0.2, 0) is 0 Å². The third kappa shape index (κ3) is 1.45. The average Bonchev–Trinajstić information content (AvgIpc) is 2.15. The van der Waals surface area contributed by atoms with Crippen LogP contribution in [0.25, 0.3) is 0 Å². The standard InChI is InChI=1S/C13H23NO/c1-2-14-13-6-10-3-11(7-13)5-12(4-10,8-13)9-15/h10-11,14-15H,2-9H2,1H3. The summed E-state index contributed by atoms with van der Waals surface area (Å²) in [6.07, 6.45) is 8.02. The molecular formula is C13H23NO. The fourth-order valence-corrected chi connectivity index (χ4v) is 5.22. The molecule has 0 aromatic rings. The van der Waals surface area contributed by atoms with Crippen molar-refractivity contribution in [2.75, 3.05) is 13.2 Å². The minimum atomic E-state index is 0.298. The molecule has 0 heterocycles. The lowest BCUT2D eigenvalue weighted by Crippen LogP contribution is -2.62. The van der Waals surface area contributed by atoms with E-state index in [0.29, 0.717) is 17.6 Å². The molecule has 4 fully saturated rings. The number of hydrogen-bond acceptors (Lipinski definition) is 2. The van der Waals surface area contributed by atoms with Gasteiger partial charge in [-0.15, -0.1) is 0 Å². The van der Waals surface area contributed by atoms with E-state index >= 15 is 0 Å². The summed E-state index contributed by atoms with van der Waals surface area (Å²) >= 11 is 0. The van der Waals surface area contributed by atoms with Crippen molar-refractivity contribution in [1.29, 1.82) is 0 Å². The molecule has 2 N–H and O–H groups in total. The second kappa shape index (κ2) is 3.21. The highest BCUT2D eigenvalue weighted by Crippen LogP contribution is 2.61. The highest BCUT2D eigenvalue weighted by molar-refractivity contribution is 5.11. The van der Waals surface area contributed by atoms with E-state index in [1.54, 1.807) is 0 Å². The third-order valence-corrected chi connectivity index (χ3v) is 5.07. The van der Waals surface area contributed by atoms with Crippen molar-refractivity contribution in [1.82, 2.24) is 5.32 Å². The van der Waals surface area contributed by atoms with Gasteiger partial charge in [-0.3, -0.25) is 0 Å². The first kappa shape index (κ1) is 10.1. The number of rotatable bonds is 3. The summed E-state index contributed by atoms with van der Waals surface area (Å²) in [7, 11) is 0. The number of aliphatic hydroxyl groups excluding tert-OH is 1. The average molecular weight is 209 g/mol. The summed E-state index contributed by atoms with van der Waals surface area (Å²) < 4.78 is 0. The van der Waals surface area contributed by atoms with Crippen LogP contribution >= 0.6 is 0 Å². The van der Waals surface area contributed by atoms with Crippen LogP contribution in [-0.4, -0.2) is 23.8 Å².